The molecule has 2 aromatic carbocycles. The third kappa shape index (κ3) is 4.79. The van der Waals surface area contributed by atoms with E-state index in [2.05, 4.69) is 17.0 Å². The Morgan fingerprint density at radius 1 is 1.33 bits per heavy atom. The Balaban J connectivity index is 0.00000139. The van der Waals surface area contributed by atoms with Crippen LogP contribution in [-0.2, 0) is 0 Å². The van der Waals surface area contributed by atoms with Gasteiger partial charge in [-0.25, -0.2) is 0 Å². The van der Waals surface area contributed by atoms with E-state index in [0.717, 1.165) is 0 Å². The Bertz CT molecular complexity index is 758. The number of rotatable bonds is 5. The number of nitriles is 1. The molecule has 0 unspecified atom stereocenters. The minimum absolute atomic E-state index is 0.0386. The van der Waals surface area contributed by atoms with Crippen molar-refractivity contribution in [3.63, 3.8) is 0 Å². The minimum atomic E-state index is -0.176. The highest BCUT2D eigenvalue weighted by Gasteiger charge is 2.11. The SMILES string of the molecule is C=Nc1c(O)cc(C#N)cc1OCNc1cccc(Cl)c1Cl.CC. The van der Waals surface area contributed by atoms with E-state index in [9.17, 15) is 5.11 Å². The van der Waals surface area contributed by atoms with Crippen molar-refractivity contribution in [2.75, 3.05) is 12.0 Å². The van der Waals surface area contributed by atoms with Gasteiger partial charge in [-0.05, 0) is 18.9 Å². The first kappa shape index (κ1) is 19.6. The number of phenolic OH excluding ortho intramolecular Hbond substituents is 1. The molecule has 126 valence electrons. The minimum Gasteiger partial charge on any atom is -0.505 e. The van der Waals surface area contributed by atoms with Crippen LogP contribution in [0.15, 0.2) is 35.3 Å². The van der Waals surface area contributed by atoms with E-state index in [1.165, 1.54) is 12.1 Å². The quantitative estimate of drug-likeness (QED) is 0.550. The summed E-state index contributed by atoms with van der Waals surface area (Å²) in [5, 5.41) is 22.4. The summed E-state index contributed by atoms with van der Waals surface area (Å²) in [4.78, 5) is 3.69. The molecule has 0 aliphatic carbocycles. The van der Waals surface area contributed by atoms with Gasteiger partial charge in [0.05, 0.1) is 27.4 Å². The number of aromatic hydroxyl groups is 1. The predicted octanol–water partition coefficient (Wildman–Crippen LogP) is 5.38. The third-order valence-electron chi connectivity index (χ3n) is 2.78. The molecule has 24 heavy (non-hydrogen) atoms. The third-order valence-corrected chi connectivity index (χ3v) is 3.60. The molecule has 0 aromatic heterocycles. The summed E-state index contributed by atoms with van der Waals surface area (Å²) in [5.74, 6) is 0.0574. The number of benzene rings is 2. The lowest BCUT2D eigenvalue weighted by Gasteiger charge is -2.13. The van der Waals surface area contributed by atoms with Crippen LogP contribution in [0.4, 0.5) is 11.4 Å². The number of halogens is 2. The first-order valence-corrected chi connectivity index (χ1v) is 7.87. The molecule has 0 saturated heterocycles. The molecule has 0 amide bonds. The molecule has 2 rings (SSSR count). The molecule has 2 N–H and O–H groups in total. The van der Waals surface area contributed by atoms with Crippen molar-refractivity contribution < 1.29 is 9.84 Å². The smallest absolute Gasteiger partial charge is 0.159 e. The van der Waals surface area contributed by atoms with Gasteiger partial charge in [0.2, 0.25) is 0 Å². The van der Waals surface area contributed by atoms with E-state index in [1.54, 1.807) is 18.2 Å². The van der Waals surface area contributed by atoms with Crippen molar-refractivity contribution in [3.05, 3.63) is 45.9 Å². The molecule has 0 aliphatic rings. The van der Waals surface area contributed by atoms with E-state index in [0.29, 0.717) is 15.7 Å². The molecule has 0 heterocycles. The average molecular weight is 366 g/mol. The van der Waals surface area contributed by atoms with E-state index in [4.69, 9.17) is 33.2 Å². The Kier molecular flexibility index (Phi) is 7.90. The van der Waals surface area contributed by atoms with E-state index >= 15 is 0 Å². The lowest BCUT2D eigenvalue weighted by atomic mass is 10.2. The van der Waals surface area contributed by atoms with Crippen molar-refractivity contribution in [2.24, 2.45) is 4.99 Å². The molecular formula is C17H17Cl2N3O2. The number of nitrogens with one attached hydrogen (secondary N) is 1. The summed E-state index contributed by atoms with van der Waals surface area (Å²) in [7, 11) is 0. The predicted molar refractivity (Wildman–Crippen MR) is 99.0 cm³/mol. The molecule has 0 fully saturated rings. The van der Waals surface area contributed by atoms with Gasteiger partial charge >= 0.3 is 0 Å². The molecule has 0 atom stereocenters. The number of ether oxygens (including phenoxy) is 1. The summed E-state index contributed by atoms with van der Waals surface area (Å²) in [6.45, 7) is 7.41. The van der Waals surface area contributed by atoms with Gasteiger partial charge in [-0.1, -0.05) is 43.1 Å². The van der Waals surface area contributed by atoms with Gasteiger partial charge in [0.15, 0.2) is 12.5 Å². The van der Waals surface area contributed by atoms with Crippen LogP contribution in [0.5, 0.6) is 11.5 Å². The maximum Gasteiger partial charge on any atom is 0.159 e. The molecule has 0 radical (unpaired) electrons. The summed E-state index contributed by atoms with van der Waals surface area (Å²) in [6.07, 6.45) is 0. The molecule has 0 saturated carbocycles. The van der Waals surface area contributed by atoms with Crippen LogP contribution in [0.1, 0.15) is 19.4 Å². The van der Waals surface area contributed by atoms with E-state index < -0.39 is 0 Å². The number of anilines is 1. The maximum absolute atomic E-state index is 9.78. The van der Waals surface area contributed by atoms with Crippen LogP contribution in [0.25, 0.3) is 0 Å². The van der Waals surface area contributed by atoms with Crippen molar-refractivity contribution in [3.8, 4) is 17.6 Å². The lowest BCUT2D eigenvalue weighted by Crippen LogP contribution is -2.09. The van der Waals surface area contributed by atoms with Crippen LogP contribution < -0.4 is 10.1 Å². The monoisotopic (exact) mass is 365 g/mol. The summed E-state index contributed by atoms with van der Waals surface area (Å²) >= 11 is 12.0. The van der Waals surface area contributed by atoms with Crippen molar-refractivity contribution in [2.45, 2.75) is 13.8 Å². The number of nitrogens with zero attached hydrogens (tertiary/aromatic N) is 2. The summed E-state index contributed by atoms with van der Waals surface area (Å²) in [5.41, 5.74) is 1.02. The van der Waals surface area contributed by atoms with Crippen LogP contribution in [0.2, 0.25) is 10.0 Å². The number of hydrogen-bond donors (Lipinski definition) is 2. The van der Waals surface area contributed by atoms with Gasteiger partial charge in [0, 0.05) is 12.1 Å². The van der Waals surface area contributed by atoms with Crippen LogP contribution in [-0.4, -0.2) is 18.6 Å². The Hall–Kier alpha value is -2.42. The molecule has 0 aliphatic heterocycles. The van der Waals surface area contributed by atoms with Crippen LogP contribution in [0.3, 0.4) is 0 Å². The molecule has 7 heteroatoms. The van der Waals surface area contributed by atoms with Crippen molar-refractivity contribution in [1.82, 2.24) is 0 Å². The average Bonchev–Trinajstić information content (AvgIpc) is 2.60. The normalized spacial score (nSPS) is 9.29. The number of aliphatic imine (C=N–C) groups is 1. The van der Waals surface area contributed by atoms with Gasteiger partial charge in [0.1, 0.15) is 11.4 Å². The van der Waals surface area contributed by atoms with Gasteiger partial charge in [-0.3, -0.25) is 4.99 Å². The van der Waals surface area contributed by atoms with Gasteiger partial charge in [0.25, 0.3) is 0 Å². The molecule has 0 spiro atoms. The second-order valence-electron chi connectivity index (χ2n) is 4.18. The fourth-order valence-corrected chi connectivity index (χ4v) is 2.13. The maximum atomic E-state index is 9.78. The van der Waals surface area contributed by atoms with Crippen molar-refractivity contribution in [1.29, 1.82) is 5.26 Å². The Labute approximate surface area is 151 Å². The number of phenols is 1. The van der Waals surface area contributed by atoms with Gasteiger partial charge < -0.3 is 15.2 Å². The first-order valence-electron chi connectivity index (χ1n) is 7.11. The second kappa shape index (κ2) is 9.66. The van der Waals surface area contributed by atoms with Crippen LogP contribution in [0, 0.1) is 11.3 Å². The zero-order chi connectivity index (χ0) is 18.1. The zero-order valence-electron chi connectivity index (χ0n) is 13.3. The fraction of sp³-hybridized carbons (Fsp3) is 0.176. The standard InChI is InChI=1S/C15H11Cl2N3O2.C2H6/c1-19-15-12(21)5-9(7-18)6-13(15)22-8-20-11-4-2-3-10(16)14(11)17;1-2/h2-6,20-21H,1,8H2;1-2H3. The van der Waals surface area contributed by atoms with E-state index in [1.807, 2.05) is 19.9 Å². The molecular weight excluding hydrogens is 349 g/mol. The van der Waals surface area contributed by atoms with Gasteiger partial charge in [-0.15, -0.1) is 0 Å². The molecule has 5 nitrogen and oxygen atoms in total. The van der Waals surface area contributed by atoms with Gasteiger partial charge in [-0.2, -0.15) is 5.26 Å². The van der Waals surface area contributed by atoms with Crippen LogP contribution >= 0.6 is 23.2 Å². The van der Waals surface area contributed by atoms with Crippen molar-refractivity contribution >= 4 is 41.3 Å². The number of hydrogen-bond acceptors (Lipinski definition) is 5. The summed E-state index contributed by atoms with van der Waals surface area (Å²) < 4.78 is 5.49. The highest BCUT2D eigenvalue weighted by molar-refractivity contribution is 6.43. The fourth-order valence-electron chi connectivity index (χ4n) is 1.76. The largest absolute Gasteiger partial charge is 0.505 e. The lowest BCUT2D eigenvalue weighted by molar-refractivity contribution is 0.345. The first-order chi connectivity index (χ1) is 11.6. The summed E-state index contributed by atoms with van der Waals surface area (Å²) in [6, 6.07) is 9.84. The highest BCUT2D eigenvalue weighted by atomic mass is 35.5. The zero-order valence-corrected chi connectivity index (χ0v) is 14.8. The second-order valence-corrected chi connectivity index (χ2v) is 4.96. The molecule has 2 aromatic rings. The highest BCUT2D eigenvalue weighted by Crippen LogP contribution is 2.37. The Morgan fingerprint density at radius 2 is 2.04 bits per heavy atom. The molecule has 0 bridgehead atoms. The van der Waals surface area contributed by atoms with E-state index in [-0.39, 0.29) is 29.5 Å². The topological polar surface area (TPSA) is 77.6 Å². The Morgan fingerprint density at radius 3 is 2.67 bits per heavy atom.